The van der Waals surface area contributed by atoms with E-state index in [2.05, 4.69) is 0 Å². The highest BCUT2D eigenvalue weighted by molar-refractivity contribution is 6.06. The highest BCUT2D eigenvalue weighted by atomic mass is 16.4. The summed E-state index contributed by atoms with van der Waals surface area (Å²) >= 11 is 0. The number of carbonyl (C=O) groups is 2. The van der Waals surface area contributed by atoms with Crippen LogP contribution in [0, 0.1) is 0 Å². The summed E-state index contributed by atoms with van der Waals surface area (Å²) in [5, 5.41) is 17.5. The molecule has 0 atom stereocenters. The summed E-state index contributed by atoms with van der Waals surface area (Å²) in [6.45, 7) is 0. The minimum atomic E-state index is -1.57. The fourth-order valence-corrected chi connectivity index (χ4v) is 1.70. The van der Waals surface area contributed by atoms with Crippen molar-refractivity contribution in [3.05, 3.63) is 65.3 Å². The number of aliphatic carboxylic acids is 1. The largest absolute Gasteiger partial charge is 0.502 e. The first kappa shape index (κ1) is 14.4. The van der Waals surface area contributed by atoms with Gasteiger partial charge in [0.05, 0.1) is 0 Å². The smallest absolute Gasteiger partial charge is 0.371 e. The van der Waals surface area contributed by atoms with Crippen LogP contribution < -0.4 is 5.73 Å². The maximum Gasteiger partial charge on any atom is 0.371 e. The summed E-state index contributed by atoms with van der Waals surface area (Å²) in [5.41, 5.74) is 7.20. The second kappa shape index (κ2) is 5.96. The third kappa shape index (κ3) is 3.73. The first-order valence-electron chi connectivity index (χ1n) is 6.07. The number of allylic oxidation sites excluding steroid dienone is 1. The summed E-state index contributed by atoms with van der Waals surface area (Å²) in [6, 6.07) is 10.3. The maximum atomic E-state index is 11.7. The predicted octanol–water partition coefficient (Wildman–Crippen LogP) is 2.16. The van der Waals surface area contributed by atoms with Crippen molar-refractivity contribution in [2.45, 2.75) is 6.42 Å². The van der Waals surface area contributed by atoms with E-state index in [1.54, 1.807) is 18.2 Å². The molecule has 1 heterocycles. The molecule has 1 aromatic heterocycles. The van der Waals surface area contributed by atoms with Crippen LogP contribution >= 0.6 is 0 Å². The fourth-order valence-electron chi connectivity index (χ4n) is 1.70. The molecule has 0 amide bonds. The van der Waals surface area contributed by atoms with Crippen molar-refractivity contribution < 1.29 is 24.2 Å². The van der Waals surface area contributed by atoms with Gasteiger partial charge in [-0.3, -0.25) is 4.79 Å². The van der Waals surface area contributed by atoms with E-state index < -0.39 is 17.5 Å². The normalized spacial score (nSPS) is 11.3. The number of hydrogen-bond acceptors (Lipinski definition) is 5. The number of rotatable bonds is 5. The van der Waals surface area contributed by atoms with Crippen LogP contribution in [0.5, 0.6) is 0 Å². The minimum absolute atomic E-state index is 0.0340. The number of hydrogen-bond donors (Lipinski definition) is 3. The standard InChI is InChI=1S/C15H13NO5/c16-10-3-1-9(2-4-10)7-11-5-6-14(21-11)12(17)8-13(18)15(19)20/h1-6,8,18H,7,16H2,(H,19,20). The Labute approximate surface area is 120 Å². The average Bonchev–Trinajstić information content (AvgIpc) is 2.90. The van der Waals surface area contributed by atoms with E-state index >= 15 is 0 Å². The van der Waals surface area contributed by atoms with E-state index in [1.165, 1.54) is 6.07 Å². The summed E-state index contributed by atoms with van der Waals surface area (Å²) < 4.78 is 5.33. The Morgan fingerprint density at radius 1 is 1.10 bits per heavy atom. The van der Waals surface area contributed by atoms with E-state index in [9.17, 15) is 9.59 Å². The van der Waals surface area contributed by atoms with Crippen LogP contribution in [0.2, 0.25) is 0 Å². The molecule has 1 aromatic carbocycles. The molecule has 0 aliphatic heterocycles. The van der Waals surface area contributed by atoms with E-state index in [1.807, 2.05) is 12.1 Å². The summed E-state index contributed by atoms with van der Waals surface area (Å²) in [6.07, 6.45) is 1.08. The number of nitrogens with two attached hydrogens (primary N) is 1. The molecule has 0 saturated carbocycles. The molecule has 0 fully saturated rings. The lowest BCUT2D eigenvalue weighted by molar-refractivity contribution is -0.135. The number of aliphatic hydroxyl groups excluding tert-OH is 1. The van der Waals surface area contributed by atoms with Crippen LogP contribution in [0.1, 0.15) is 21.9 Å². The van der Waals surface area contributed by atoms with E-state index in [-0.39, 0.29) is 5.76 Å². The zero-order chi connectivity index (χ0) is 15.4. The lowest BCUT2D eigenvalue weighted by Crippen LogP contribution is -2.03. The second-order valence-corrected chi connectivity index (χ2v) is 4.38. The van der Waals surface area contributed by atoms with Gasteiger partial charge in [-0.15, -0.1) is 0 Å². The van der Waals surface area contributed by atoms with Crippen LogP contribution in [0.15, 0.2) is 52.7 Å². The monoisotopic (exact) mass is 287 g/mol. The first-order valence-corrected chi connectivity index (χ1v) is 6.07. The molecule has 2 rings (SSSR count). The van der Waals surface area contributed by atoms with Gasteiger partial charge in [0.15, 0.2) is 5.76 Å². The molecule has 0 radical (unpaired) electrons. The van der Waals surface area contributed by atoms with Crippen LogP contribution in [-0.4, -0.2) is 22.0 Å². The number of carboxylic acids is 1. The molecule has 0 spiro atoms. The van der Waals surface area contributed by atoms with Gasteiger partial charge in [0.1, 0.15) is 5.76 Å². The van der Waals surface area contributed by atoms with Gasteiger partial charge in [0.25, 0.3) is 0 Å². The first-order chi connectivity index (χ1) is 9.95. The molecule has 2 aromatic rings. The Bertz CT molecular complexity index is 697. The van der Waals surface area contributed by atoms with Gasteiger partial charge in [0, 0.05) is 18.2 Å². The van der Waals surface area contributed by atoms with Crippen molar-refractivity contribution in [3.8, 4) is 0 Å². The van der Waals surface area contributed by atoms with Gasteiger partial charge < -0.3 is 20.4 Å². The summed E-state index contributed by atoms with van der Waals surface area (Å²) in [4.78, 5) is 22.1. The topological polar surface area (TPSA) is 114 Å². The fraction of sp³-hybridized carbons (Fsp3) is 0.0667. The number of furan rings is 1. The quantitative estimate of drug-likeness (QED) is 0.336. The Kier molecular flexibility index (Phi) is 4.08. The molecule has 21 heavy (non-hydrogen) atoms. The Morgan fingerprint density at radius 3 is 2.38 bits per heavy atom. The van der Waals surface area contributed by atoms with Crippen molar-refractivity contribution in [3.63, 3.8) is 0 Å². The van der Waals surface area contributed by atoms with Crippen molar-refractivity contribution in [2.75, 3.05) is 5.73 Å². The molecular weight excluding hydrogens is 274 g/mol. The van der Waals surface area contributed by atoms with E-state index in [4.69, 9.17) is 20.4 Å². The van der Waals surface area contributed by atoms with Crippen LogP contribution in [0.3, 0.4) is 0 Å². The highest BCUT2D eigenvalue weighted by Gasteiger charge is 2.13. The Balaban J connectivity index is 2.11. The van der Waals surface area contributed by atoms with Gasteiger partial charge in [0.2, 0.25) is 11.5 Å². The average molecular weight is 287 g/mol. The molecule has 6 nitrogen and oxygen atoms in total. The molecule has 108 valence electrons. The van der Waals surface area contributed by atoms with Gasteiger partial charge in [-0.1, -0.05) is 12.1 Å². The van der Waals surface area contributed by atoms with Crippen molar-refractivity contribution >= 4 is 17.4 Å². The van der Waals surface area contributed by atoms with Crippen LogP contribution in [0.4, 0.5) is 5.69 Å². The Morgan fingerprint density at radius 2 is 1.76 bits per heavy atom. The van der Waals surface area contributed by atoms with Gasteiger partial charge >= 0.3 is 5.97 Å². The zero-order valence-corrected chi connectivity index (χ0v) is 10.9. The minimum Gasteiger partial charge on any atom is -0.502 e. The van der Waals surface area contributed by atoms with E-state index in [0.29, 0.717) is 23.9 Å². The predicted molar refractivity (Wildman–Crippen MR) is 75.0 cm³/mol. The second-order valence-electron chi connectivity index (χ2n) is 4.38. The number of benzene rings is 1. The Hall–Kier alpha value is -3.02. The molecule has 4 N–H and O–H groups in total. The molecule has 0 saturated heterocycles. The third-order valence-corrected chi connectivity index (χ3v) is 2.75. The molecule has 6 heteroatoms. The third-order valence-electron chi connectivity index (χ3n) is 2.75. The molecule has 0 aliphatic carbocycles. The maximum absolute atomic E-state index is 11.7. The summed E-state index contributed by atoms with van der Waals surface area (Å²) in [5.74, 6) is -2.80. The number of ketones is 1. The highest BCUT2D eigenvalue weighted by Crippen LogP contribution is 2.15. The lowest BCUT2D eigenvalue weighted by Gasteiger charge is -1.99. The number of aliphatic hydroxyl groups is 1. The SMILES string of the molecule is Nc1ccc(Cc2ccc(C(=O)C=C(O)C(=O)O)o2)cc1. The number of nitrogen functional groups attached to an aromatic ring is 1. The molecule has 0 bridgehead atoms. The number of anilines is 1. The van der Waals surface area contributed by atoms with Crippen LogP contribution in [0.25, 0.3) is 0 Å². The number of carboxylic acid groups (broad SMARTS) is 1. The van der Waals surface area contributed by atoms with Crippen molar-refractivity contribution in [1.29, 1.82) is 0 Å². The van der Waals surface area contributed by atoms with Crippen LogP contribution in [-0.2, 0) is 11.2 Å². The van der Waals surface area contributed by atoms with Gasteiger partial charge in [-0.25, -0.2) is 4.79 Å². The molecule has 0 aliphatic rings. The van der Waals surface area contributed by atoms with Gasteiger partial charge in [-0.2, -0.15) is 0 Å². The molecular formula is C15H13NO5. The van der Waals surface area contributed by atoms with E-state index in [0.717, 1.165) is 5.56 Å². The zero-order valence-electron chi connectivity index (χ0n) is 10.9. The number of carbonyl (C=O) groups excluding carboxylic acids is 1. The summed E-state index contributed by atoms with van der Waals surface area (Å²) in [7, 11) is 0. The van der Waals surface area contributed by atoms with Crippen molar-refractivity contribution in [2.24, 2.45) is 0 Å². The van der Waals surface area contributed by atoms with Gasteiger partial charge in [-0.05, 0) is 29.8 Å². The molecule has 0 unspecified atom stereocenters. The lowest BCUT2D eigenvalue weighted by atomic mass is 10.1. The van der Waals surface area contributed by atoms with Crippen molar-refractivity contribution in [1.82, 2.24) is 0 Å².